The molecule has 139 heavy (non-hydrogen) atoms. The second-order valence-electron chi connectivity index (χ2n) is 33.4. The standard InChI is InChI=1S/C45H33NOS.C45H33NS.CH4.H2O2.H43P41/c1-45(2)37-16-6-8-18-39(37)46(40-19-9-7-17-38(40)45)32-26-23-30(24-27-32)31-25-28-44-36(29-31)35-15-5-12-22-43(35)48(44,47)41-20-10-3-13-33(41)34-14-4-11-21-42(34)48;1-45(2)37-16-6-8-18-39(37)46(40-19-9-7-17-38(40)45)32-26-23-30(24-27-32)31-25-28-44-36(29-31)35-15-5-12-22-43(35)47(44)41-20-10-3-13-33(41)34-14-4-11-21-42(34)47;;1-2;1-22-33(23(2)3)38(32(20)21)41(39(34(24(4)5)25(6)7)35(26(8)9)27(10)11)40(36(28(12)13)29(14)15)37(30(16)17)31(18)19/h3-29H,1-2H3;3-29H,1-2H3;1H4;1-2H;22H,1-21H2. The van der Waals surface area contributed by atoms with Crippen LogP contribution < -0.4 is 9.80 Å². The first-order chi connectivity index (χ1) is 66.1. The predicted octanol–water partition coefficient (Wildman–Crippen LogP) is 49.0. The maximum atomic E-state index is 16.6. The highest BCUT2D eigenvalue weighted by Crippen LogP contribution is 3.43. The van der Waals surface area contributed by atoms with E-state index in [-0.39, 0.29) is 151 Å². The lowest BCUT2D eigenvalue weighted by atomic mass is 9.73. The van der Waals surface area contributed by atoms with E-state index >= 15 is 4.21 Å². The van der Waals surface area contributed by atoms with Crippen LogP contribution in [0.2, 0.25) is 0 Å². The fraction of sp³-hybridized carbons (Fsp3) is 0.0769. The monoisotopic (exact) mass is 2620 g/mol. The SMILES string of the molecule is C.CC1(C)c2ccccc2N(c2ccc(-c3ccc4c(c3)-c3ccccc3S43(=O)c4ccccc4-c4ccccc43)cc2)c2ccccc21.CC1(C)c2ccccc2N(c2ccc(-c3ccc4c(c3)-c3ccccc3S43c4ccccc4-c4ccccc43)cc2)c2ccccc21.OO.PPP(P(P)P)P(P(P)P)P(P(P(P(P)P)P(P)P)P(P(P)P)P(P)P)P(P(P(P)P)P(P)P)P(P(P)P)P(P)P. The Labute approximate surface area is 897 Å². The minimum absolute atomic E-state index is 0. The number of fused-ring (bicyclic) bond motifs is 24. The number of hydrogen-bond donors (Lipinski definition) is 2. The van der Waals surface area contributed by atoms with E-state index in [1.165, 1.54) is 104 Å². The van der Waals surface area contributed by atoms with Gasteiger partial charge in [0.25, 0.3) is 0 Å². The molecule has 0 aromatic heterocycles. The van der Waals surface area contributed by atoms with Crippen molar-refractivity contribution in [1.29, 1.82) is 0 Å². The average Bonchev–Trinajstić information content (AvgIpc) is 1.47. The van der Waals surface area contributed by atoms with Gasteiger partial charge in [-0.25, -0.2) is 0 Å². The highest BCUT2D eigenvalue weighted by atomic mass is 33.5. The molecule has 20 rings (SSSR count). The van der Waals surface area contributed by atoms with Gasteiger partial charge >= 0.3 is 0 Å². The van der Waals surface area contributed by atoms with E-state index in [0.29, 0.717) is 0 Å². The highest BCUT2D eigenvalue weighted by molar-refractivity contribution is 9.49. The van der Waals surface area contributed by atoms with Crippen molar-refractivity contribution in [2.45, 2.75) is 85.1 Å². The van der Waals surface area contributed by atoms with Crippen molar-refractivity contribution in [2.75, 3.05) is 9.80 Å². The van der Waals surface area contributed by atoms with E-state index in [9.17, 15) is 0 Å². The van der Waals surface area contributed by atoms with Crippen LogP contribution in [0.5, 0.6) is 0 Å². The molecule has 6 aliphatic heterocycles. The molecule has 24 atom stereocenters. The molecule has 0 amide bonds. The van der Waals surface area contributed by atoms with Crippen molar-refractivity contribution in [3.05, 3.63) is 350 Å². The van der Waals surface area contributed by atoms with Gasteiger partial charge in [-0.05, 0) is 331 Å². The fourth-order valence-electron chi connectivity index (χ4n) is 19.7. The van der Waals surface area contributed by atoms with Crippen LogP contribution >= 0.6 is 338 Å². The zero-order chi connectivity index (χ0) is 98.3. The van der Waals surface area contributed by atoms with Crippen LogP contribution in [0.3, 0.4) is 0 Å². The minimum atomic E-state index is -3.81. The van der Waals surface area contributed by atoms with Crippen molar-refractivity contribution in [3.63, 3.8) is 0 Å². The molecule has 0 radical (unpaired) electrons. The topological polar surface area (TPSA) is 64.0 Å². The highest BCUT2D eigenvalue weighted by Gasteiger charge is 2.60. The van der Waals surface area contributed by atoms with Gasteiger partial charge in [-0.3, -0.25) is 14.7 Å². The van der Waals surface area contributed by atoms with Crippen LogP contribution in [-0.2, 0) is 19.9 Å². The van der Waals surface area contributed by atoms with E-state index < -0.39 is 19.1 Å². The number of para-hydroxylation sites is 4. The molecule has 2 N–H and O–H groups in total. The van der Waals surface area contributed by atoms with Gasteiger partial charge in [0.1, 0.15) is 0 Å². The zero-order valence-corrected chi connectivity index (χ0v) is 119. The first-order valence-corrected chi connectivity index (χ1v) is 120. The number of nitrogens with zero attached hydrogens (tertiary/aromatic N) is 2. The van der Waals surface area contributed by atoms with Gasteiger partial charge in [0.05, 0.1) is 22.7 Å². The normalized spacial score (nSPS) is 16.1. The summed E-state index contributed by atoms with van der Waals surface area (Å²) >= 11 is 0. The van der Waals surface area contributed by atoms with Crippen LogP contribution in [0.25, 0.3) is 66.8 Å². The van der Waals surface area contributed by atoms with Gasteiger partial charge in [-0.2, -0.15) is 0 Å². The third kappa shape index (κ3) is 22.2. The third-order valence-electron chi connectivity index (χ3n) is 25.1. The molecular weight excluding hydrogens is 2500 g/mol. The van der Waals surface area contributed by atoms with Crippen LogP contribution in [0.4, 0.5) is 34.1 Å². The van der Waals surface area contributed by atoms with Crippen LogP contribution in [0.1, 0.15) is 57.4 Å². The van der Waals surface area contributed by atoms with E-state index in [4.69, 9.17) is 10.5 Å². The van der Waals surface area contributed by atoms with Gasteiger partial charge in [0, 0.05) is 70.4 Å². The van der Waals surface area contributed by atoms with E-state index in [2.05, 4.69) is 534 Å². The smallest absolute Gasteiger partial charge is 0.0502 e. The minimum Gasteiger partial charge on any atom is -0.310 e. The molecule has 0 saturated heterocycles. The molecule has 5 nitrogen and oxygen atoms in total. The van der Waals surface area contributed by atoms with Gasteiger partial charge in [-0.15, -0.1) is 198 Å². The summed E-state index contributed by atoms with van der Waals surface area (Å²) in [4.78, 5) is 14.3. The second kappa shape index (κ2) is 50.7. The van der Waals surface area contributed by atoms with Gasteiger partial charge in [0.15, 0.2) is 0 Å². The molecule has 0 fully saturated rings. The van der Waals surface area contributed by atoms with Crippen molar-refractivity contribution in [1.82, 2.24) is 0 Å². The van der Waals surface area contributed by atoms with Crippen molar-refractivity contribution < 1.29 is 14.7 Å². The molecule has 24 unspecified atom stereocenters. The van der Waals surface area contributed by atoms with E-state index in [1.54, 1.807) is 0 Å². The van der Waals surface area contributed by atoms with Crippen LogP contribution in [0, 0.1) is 0 Å². The lowest BCUT2D eigenvalue weighted by Gasteiger charge is -2.56. The molecule has 0 bridgehead atoms. The van der Waals surface area contributed by atoms with Gasteiger partial charge in [0.2, 0.25) is 0 Å². The predicted molar refractivity (Wildman–Crippen MR) is 750 cm³/mol. The molecule has 14 aromatic rings. The molecule has 6 aliphatic rings. The summed E-state index contributed by atoms with van der Waals surface area (Å²) in [5.74, 6) is 0. The third-order valence-corrected chi connectivity index (χ3v) is 313. The summed E-state index contributed by atoms with van der Waals surface area (Å²) in [6.07, 6.45) is 0. The van der Waals surface area contributed by atoms with Gasteiger partial charge < -0.3 is 9.80 Å². The van der Waals surface area contributed by atoms with Crippen LogP contribution in [0.15, 0.2) is 367 Å². The molecule has 2 spiro atoms. The lowest BCUT2D eigenvalue weighted by molar-refractivity contribution is -0.176. The molecule has 0 aliphatic carbocycles. The summed E-state index contributed by atoms with van der Waals surface area (Å²) in [6.45, 7) is 7.68. The van der Waals surface area contributed by atoms with Crippen molar-refractivity contribution >= 4 is 381 Å². The first-order valence-electron chi connectivity index (χ1n) is 42.5. The van der Waals surface area contributed by atoms with Crippen molar-refractivity contribution in [3.8, 4) is 66.8 Å². The molecule has 48 heteroatoms. The lowest BCUT2D eigenvalue weighted by Crippen LogP contribution is -2.30. The Balaban J connectivity index is 0.000000150. The number of anilines is 6. The zero-order valence-electron chi connectivity index (χ0n) is 75.3. The Morgan fingerprint density at radius 2 is 0.496 bits per heavy atom. The van der Waals surface area contributed by atoms with Crippen LogP contribution in [-0.4, -0.2) is 14.7 Å². The molecular formula is C91H115N2O3P41S2. The largest absolute Gasteiger partial charge is 0.310 e. The maximum Gasteiger partial charge on any atom is 0.0502 e. The summed E-state index contributed by atoms with van der Waals surface area (Å²) in [5.41, 5.74) is 26.9. The van der Waals surface area contributed by atoms with Gasteiger partial charge in [-0.1, -0.05) is 261 Å². The Morgan fingerprint density at radius 1 is 0.259 bits per heavy atom. The quantitative estimate of drug-likeness (QED) is 0.0380. The van der Waals surface area contributed by atoms with E-state index in [1.807, 2.05) is 18.2 Å². The van der Waals surface area contributed by atoms with E-state index in [0.717, 1.165) is 66.6 Å². The summed E-state index contributed by atoms with van der Waals surface area (Å²) < 4.78 is 16.6. The molecule has 724 valence electrons. The second-order valence-corrected chi connectivity index (χ2v) is 206. The Morgan fingerprint density at radius 3 is 0.806 bits per heavy atom. The Kier molecular flexibility index (Phi) is 43.1. The summed E-state index contributed by atoms with van der Waals surface area (Å²) in [6, 6.07) is 119. The fourth-order valence-corrected chi connectivity index (χ4v) is 595. The summed E-state index contributed by atoms with van der Waals surface area (Å²) in [7, 11) is 67.1. The summed E-state index contributed by atoms with van der Waals surface area (Å²) in [5, 5.41) is 12.0. The number of benzene rings is 14. The Bertz CT molecular complexity index is 6620. The van der Waals surface area contributed by atoms with Crippen molar-refractivity contribution in [2.24, 2.45) is 0 Å². The molecule has 0 saturated carbocycles. The maximum absolute atomic E-state index is 16.6. The average molecular weight is 2620 g/mol. The first kappa shape index (κ1) is 118. The number of rotatable bonds is 23. The molecule has 6 heterocycles. The number of hydrogen-bond acceptors (Lipinski definition) is 5. The molecule has 14 aromatic carbocycles. The Hall–Kier alpha value is 6.73.